The number of carbonyl (C=O) groups is 1. The summed E-state index contributed by atoms with van der Waals surface area (Å²) >= 11 is 8.75. The van der Waals surface area contributed by atoms with E-state index in [2.05, 4.69) is 20.7 Å². The Morgan fingerprint density at radius 2 is 2.16 bits per heavy atom. The molecule has 0 bridgehead atoms. The molecule has 19 heavy (non-hydrogen) atoms. The minimum atomic E-state index is -3.88. The van der Waals surface area contributed by atoms with Crippen LogP contribution >= 0.6 is 27.5 Å². The second-order valence-corrected chi connectivity index (χ2v) is 6.38. The third-order valence-electron chi connectivity index (χ3n) is 2.07. The third-order valence-corrected chi connectivity index (χ3v) is 4.77. The molecular formula is C10H8BrClN2O4S. The summed E-state index contributed by atoms with van der Waals surface area (Å²) in [5.74, 6) is -1.33. The maximum Gasteiger partial charge on any atom is 0.337 e. The fraction of sp³-hybridized carbons (Fsp3) is 0.200. The monoisotopic (exact) mass is 366 g/mol. The Hall–Kier alpha value is -1.14. The van der Waals surface area contributed by atoms with Crippen molar-refractivity contribution in [3.63, 3.8) is 0 Å². The van der Waals surface area contributed by atoms with Gasteiger partial charge in [-0.3, -0.25) is 0 Å². The smallest absolute Gasteiger partial charge is 0.337 e. The number of rotatable bonds is 5. The zero-order valence-corrected chi connectivity index (χ0v) is 12.5. The number of hydrogen-bond donors (Lipinski definition) is 2. The van der Waals surface area contributed by atoms with Crippen molar-refractivity contribution in [1.29, 1.82) is 5.26 Å². The predicted octanol–water partition coefficient (Wildman–Crippen LogP) is 1.99. The summed E-state index contributed by atoms with van der Waals surface area (Å²) in [6.07, 6.45) is 0.0137. The van der Waals surface area contributed by atoms with Gasteiger partial charge < -0.3 is 5.11 Å². The van der Waals surface area contributed by atoms with Crippen LogP contribution in [0, 0.1) is 11.3 Å². The molecule has 1 aromatic carbocycles. The lowest BCUT2D eigenvalue weighted by Gasteiger charge is -2.08. The summed E-state index contributed by atoms with van der Waals surface area (Å²) in [5.41, 5.74) is -0.323. The van der Waals surface area contributed by atoms with Gasteiger partial charge in [-0.05, 0) is 28.1 Å². The van der Waals surface area contributed by atoms with Gasteiger partial charge in [0.15, 0.2) is 0 Å². The summed E-state index contributed by atoms with van der Waals surface area (Å²) in [5, 5.41) is 17.2. The Balaban J connectivity index is 3.22. The van der Waals surface area contributed by atoms with Gasteiger partial charge in [0.05, 0.1) is 21.6 Å². The minimum Gasteiger partial charge on any atom is -0.478 e. The standard InChI is InChI=1S/C10H8BrClN2O4S/c11-8-5-6(4-7(9(8)12)10(15)16)19(17,18)14-3-1-2-13/h4-5,14H,1,3H2,(H,15,16). The number of nitriles is 1. The van der Waals surface area contributed by atoms with E-state index >= 15 is 0 Å². The first-order chi connectivity index (χ1) is 8.79. The molecule has 0 aliphatic carbocycles. The van der Waals surface area contributed by atoms with E-state index in [0.29, 0.717) is 0 Å². The molecular weight excluding hydrogens is 360 g/mol. The van der Waals surface area contributed by atoms with Crippen LogP contribution in [0.4, 0.5) is 0 Å². The van der Waals surface area contributed by atoms with Crippen molar-refractivity contribution in [3.05, 3.63) is 27.2 Å². The first-order valence-corrected chi connectivity index (χ1v) is 7.54. The molecule has 1 aromatic rings. The van der Waals surface area contributed by atoms with Crippen LogP contribution in [0.25, 0.3) is 0 Å². The Labute approximate surface area is 123 Å². The third kappa shape index (κ3) is 3.91. The SMILES string of the molecule is N#CCCNS(=O)(=O)c1cc(Br)c(Cl)c(C(=O)O)c1. The van der Waals surface area contributed by atoms with Crippen molar-refractivity contribution in [1.82, 2.24) is 4.72 Å². The molecule has 0 amide bonds. The van der Waals surface area contributed by atoms with E-state index in [9.17, 15) is 13.2 Å². The van der Waals surface area contributed by atoms with Crippen molar-refractivity contribution < 1.29 is 18.3 Å². The molecule has 0 atom stereocenters. The summed E-state index contributed by atoms with van der Waals surface area (Å²) < 4.78 is 26.1. The largest absolute Gasteiger partial charge is 0.478 e. The van der Waals surface area contributed by atoms with Crippen molar-refractivity contribution >= 4 is 43.5 Å². The number of hydrogen-bond acceptors (Lipinski definition) is 4. The van der Waals surface area contributed by atoms with Crippen LogP contribution in [-0.2, 0) is 10.0 Å². The van der Waals surface area contributed by atoms with E-state index in [-0.39, 0.29) is 32.9 Å². The Kier molecular flexibility index (Phi) is 5.31. The van der Waals surface area contributed by atoms with E-state index in [0.717, 1.165) is 6.07 Å². The lowest BCUT2D eigenvalue weighted by molar-refractivity contribution is 0.0696. The molecule has 0 radical (unpaired) electrons. The first kappa shape index (κ1) is 15.9. The minimum absolute atomic E-state index is 0.0137. The first-order valence-electron chi connectivity index (χ1n) is 4.88. The highest BCUT2D eigenvalue weighted by atomic mass is 79.9. The van der Waals surface area contributed by atoms with Crippen LogP contribution in [0.3, 0.4) is 0 Å². The maximum atomic E-state index is 11.9. The Morgan fingerprint density at radius 3 is 2.68 bits per heavy atom. The predicted molar refractivity (Wildman–Crippen MR) is 71.5 cm³/mol. The van der Waals surface area contributed by atoms with Gasteiger partial charge in [-0.2, -0.15) is 5.26 Å². The zero-order valence-electron chi connectivity index (χ0n) is 9.35. The normalized spacial score (nSPS) is 11.0. The number of nitrogens with one attached hydrogen (secondary N) is 1. The van der Waals surface area contributed by atoms with Crippen LogP contribution in [0.15, 0.2) is 21.5 Å². The Bertz CT molecular complexity index is 654. The van der Waals surface area contributed by atoms with Gasteiger partial charge in [0.25, 0.3) is 0 Å². The molecule has 0 saturated carbocycles. The molecule has 0 heterocycles. The molecule has 102 valence electrons. The van der Waals surface area contributed by atoms with Gasteiger partial charge in [-0.25, -0.2) is 17.9 Å². The van der Waals surface area contributed by atoms with Crippen molar-refractivity contribution in [2.75, 3.05) is 6.54 Å². The number of halogens is 2. The molecule has 0 saturated heterocycles. The van der Waals surface area contributed by atoms with E-state index in [1.54, 1.807) is 6.07 Å². The molecule has 0 aromatic heterocycles. The summed E-state index contributed by atoms with van der Waals surface area (Å²) in [6.45, 7) is -0.0541. The number of carboxylic acid groups (broad SMARTS) is 1. The molecule has 0 fully saturated rings. The van der Waals surface area contributed by atoms with Crippen molar-refractivity contribution in [2.45, 2.75) is 11.3 Å². The average molecular weight is 368 g/mol. The Morgan fingerprint density at radius 1 is 1.53 bits per heavy atom. The summed E-state index contributed by atoms with van der Waals surface area (Å²) in [4.78, 5) is 10.7. The second-order valence-electron chi connectivity index (χ2n) is 3.38. The van der Waals surface area contributed by atoms with Gasteiger partial charge in [0, 0.05) is 17.4 Å². The van der Waals surface area contributed by atoms with Crippen LogP contribution in [0.5, 0.6) is 0 Å². The molecule has 6 nitrogen and oxygen atoms in total. The average Bonchev–Trinajstić information content (AvgIpc) is 2.32. The number of nitrogens with zero attached hydrogens (tertiary/aromatic N) is 1. The number of sulfonamides is 1. The van der Waals surface area contributed by atoms with Gasteiger partial charge >= 0.3 is 5.97 Å². The quantitative estimate of drug-likeness (QED) is 0.774. The van der Waals surface area contributed by atoms with Gasteiger partial charge in [0.1, 0.15) is 0 Å². The summed E-state index contributed by atoms with van der Waals surface area (Å²) in [7, 11) is -3.88. The molecule has 1 rings (SSSR count). The fourth-order valence-electron chi connectivity index (χ4n) is 1.20. The fourth-order valence-corrected chi connectivity index (χ4v) is 3.08. The lowest BCUT2D eigenvalue weighted by atomic mass is 10.2. The maximum absolute atomic E-state index is 11.9. The van der Waals surface area contributed by atoms with Crippen molar-refractivity contribution in [2.24, 2.45) is 0 Å². The molecule has 2 N–H and O–H groups in total. The number of benzene rings is 1. The van der Waals surface area contributed by atoms with Crippen LogP contribution in [0.1, 0.15) is 16.8 Å². The summed E-state index contributed by atoms with van der Waals surface area (Å²) in [6, 6.07) is 3.95. The highest BCUT2D eigenvalue weighted by Crippen LogP contribution is 2.29. The van der Waals surface area contributed by atoms with E-state index in [4.69, 9.17) is 22.0 Å². The van der Waals surface area contributed by atoms with Crippen LogP contribution < -0.4 is 4.72 Å². The lowest BCUT2D eigenvalue weighted by Crippen LogP contribution is -2.25. The topological polar surface area (TPSA) is 107 Å². The van der Waals surface area contributed by atoms with Gasteiger partial charge in [0.2, 0.25) is 10.0 Å². The zero-order chi connectivity index (χ0) is 14.6. The molecule has 9 heteroatoms. The molecule has 0 aliphatic rings. The highest BCUT2D eigenvalue weighted by molar-refractivity contribution is 9.10. The van der Waals surface area contributed by atoms with Gasteiger partial charge in [-0.15, -0.1) is 0 Å². The van der Waals surface area contributed by atoms with Crippen LogP contribution in [0.2, 0.25) is 5.02 Å². The van der Waals surface area contributed by atoms with E-state index in [1.807, 2.05) is 0 Å². The second kappa shape index (κ2) is 6.34. The van der Waals surface area contributed by atoms with E-state index in [1.165, 1.54) is 6.07 Å². The molecule has 0 unspecified atom stereocenters. The van der Waals surface area contributed by atoms with Crippen molar-refractivity contribution in [3.8, 4) is 6.07 Å². The number of aromatic carboxylic acids is 1. The van der Waals surface area contributed by atoms with Crippen LogP contribution in [-0.4, -0.2) is 26.0 Å². The number of carboxylic acids is 1. The molecule has 0 aliphatic heterocycles. The highest BCUT2D eigenvalue weighted by Gasteiger charge is 2.20. The molecule has 0 spiro atoms. The van der Waals surface area contributed by atoms with Gasteiger partial charge in [-0.1, -0.05) is 11.6 Å². The van der Waals surface area contributed by atoms with E-state index < -0.39 is 16.0 Å².